The van der Waals surface area contributed by atoms with Crippen LogP contribution < -0.4 is 10.1 Å². The summed E-state index contributed by atoms with van der Waals surface area (Å²) >= 11 is 1.56. The van der Waals surface area contributed by atoms with Crippen LogP contribution in [0.2, 0.25) is 0 Å². The molecule has 1 heterocycles. The Morgan fingerprint density at radius 1 is 1.23 bits per heavy atom. The molecule has 0 spiro atoms. The first kappa shape index (κ1) is 16.0. The lowest BCUT2D eigenvalue weighted by molar-refractivity contribution is -0.146. The van der Waals surface area contributed by atoms with E-state index >= 15 is 0 Å². The van der Waals surface area contributed by atoms with Gasteiger partial charge in [0.2, 0.25) is 5.91 Å². The largest absolute Gasteiger partial charge is 0.497 e. The van der Waals surface area contributed by atoms with Crippen molar-refractivity contribution in [3.8, 4) is 16.2 Å². The summed E-state index contributed by atoms with van der Waals surface area (Å²) in [5.74, 6) is -1.84. The third-order valence-corrected chi connectivity index (χ3v) is 4.37. The number of benzene rings is 1. The summed E-state index contributed by atoms with van der Waals surface area (Å²) < 4.78 is 5.12. The summed E-state index contributed by atoms with van der Waals surface area (Å²) in [5.41, 5.74) is 1.07. The lowest BCUT2D eigenvalue weighted by atomic mass is 10.2. The fourth-order valence-corrected chi connectivity index (χ4v) is 2.78. The van der Waals surface area contributed by atoms with E-state index < -0.39 is 17.8 Å². The van der Waals surface area contributed by atoms with E-state index in [0.717, 1.165) is 21.1 Å². The van der Waals surface area contributed by atoms with Crippen molar-refractivity contribution in [1.82, 2.24) is 5.32 Å². The van der Waals surface area contributed by atoms with Gasteiger partial charge in [0.15, 0.2) is 0 Å². The third-order valence-electron chi connectivity index (χ3n) is 3.24. The van der Waals surface area contributed by atoms with Crippen molar-refractivity contribution in [3.63, 3.8) is 0 Å². The molecule has 2 aromatic rings. The molecule has 0 bridgehead atoms. The number of hydrogen-bond acceptors (Lipinski definition) is 4. The van der Waals surface area contributed by atoms with E-state index in [1.165, 1.54) is 6.92 Å². The number of nitrogens with one attached hydrogen (secondary N) is 1. The number of carboxylic acids is 1. The van der Waals surface area contributed by atoms with Gasteiger partial charge in [0.05, 0.1) is 13.7 Å². The number of methoxy groups -OCH3 is 1. The highest BCUT2D eigenvalue weighted by molar-refractivity contribution is 7.15. The number of rotatable bonds is 6. The highest BCUT2D eigenvalue weighted by Crippen LogP contribution is 2.29. The number of carbonyl (C=O) groups excluding carboxylic acids is 1. The lowest BCUT2D eigenvalue weighted by Crippen LogP contribution is -2.32. The predicted molar refractivity (Wildman–Crippen MR) is 85.0 cm³/mol. The average molecular weight is 319 g/mol. The maximum atomic E-state index is 11.6. The lowest BCUT2D eigenvalue weighted by Gasteiger charge is -2.06. The van der Waals surface area contributed by atoms with Gasteiger partial charge in [0.25, 0.3) is 0 Å². The molecule has 5 nitrogen and oxygen atoms in total. The van der Waals surface area contributed by atoms with Gasteiger partial charge in [-0.25, -0.2) is 0 Å². The normalized spacial score (nSPS) is 11.7. The molecule has 0 aliphatic carbocycles. The Morgan fingerprint density at radius 3 is 2.50 bits per heavy atom. The highest BCUT2D eigenvalue weighted by Gasteiger charge is 2.20. The van der Waals surface area contributed by atoms with Crippen LogP contribution in [0.15, 0.2) is 36.4 Å². The van der Waals surface area contributed by atoms with Crippen LogP contribution in [0.3, 0.4) is 0 Å². The average Bonchev–Trinajstić information content (AvgIpc) is 3.00. The Hall–Kier alpha value is -2.34. The molecule has 0 fully saturated rings. The molecule has 0 aliphatic rings. The maximum Gasteiger partial charge on any atom is 0.315 e. The van der Waals surface area contributed by atoms with Gasteiger partial charge >= 0.3 is 5.97 Å². The van der Waals surface area contributed by atoms with Crippen molar-refractivity contribution >= 4 is 23.2 Å². The van der Waals surface area contributed by atoms with Crippen molar-refractivity contribution in [2.75, 3.05) is 7.11 Å². The molecule has 2 N–H and O–H groups in total. The zero-order valence-electron chi connectivity index (χ0n) is 12.3. The van der Waals surface area contributed by atoms with E-state index in [1.807, 2.05) is 36.4 Å². The summed E-state index contributed by atoms with van der Waals surface area (Å²) in [5, 5.41) is 11.4. The first-order chi connectivity index (χ1) is 10.5. The van der Waals surface area contributed by atoms with Crippen LogP contribution in [0.25, 0.3) is 10.4 Å². The van der Waals surface area contributed by atoms with Crippen LogP contribution in [0, 0.1) is 5.92 Å². The first-order valence-electron chi connectivity index (χ1n) is 6.75. The monoisotopic (exact) mass is 319 g/mol. The Kier molecular flexibility index (Phi) is 5.16. The Morgan fingerprint density at radius 2 is 1.91 bits per heavy atom. The molecular weight excluding hydrogens is 302 g/mol. The molecule has 1 atom stereocenters. The molecule has 1 aromatic carbocycles. The van der Waals surface area contributed by atoms with E-state index in [-0.39, 0.29) is 0 Å². The van der Waals surface area contributed by atoms with Crippen LogP contribution in [-0.4, -0.2) is 24.1 Å². The summed E-state index contributed by atoms with van der Waals surface area (Å²) in [6.07, 6.45) is 0. The zero-order chi connectivity index (χ0) is 16.1. The van der Waals surface area contributed by atoms with Gasteiger partial charge in [-0.1, -0.05) is 0 Å². The van der Waals surface area contributed by atoms with Crippen molar-refractivity contribution in [2.24, 2.45) is 5.92 Å². The molecule has 6 heteroatoms. The van der Waals surface area contributed by atoms with E-state index in [1.54, 1.807) is 18.4 Å². The number of thiophene rings is 1. The second kappa shape index (κ2) is 7.09. The minimum atomic E-state index is -1.12. The van der Waals surface area contributed by atoms with Crippen LogP contribution in [0.5, 0.6) is 5.75 Å². The van der Waals surface area contributed by atoms with E-state index in [2.05, 4.69) is 5.32 Å². The first-order valence-corrected chi connectivity index (χ1v) is 7.56. The van der Waals surface area contributed by atoms with Crippen molar-refractivity contribution in [1.29, 1.82) is 0 Å². The second-order valence-corrected chi connectivity index (χ2v) is 5.94. The molecular formula is C16H17NO4S. The summed E-state index contributed by atoms with van der Waals surface area (Å²) in [4.78, 5) is 24.4. The van der Waals surface area contributed by atoms with Crippen LogP contribution in [0.1, 0.15) is 11.8 Å². The summed E-state index contributed by atoms with van der Waals surface area (Å²) in [6, 6.07) is 11.6. The van der Waals surface area contributed by atoms with Crippen LogP contribution in [0.4, 0.5) is 0 Å². The van der Waals surface area contributed by atoms with Gasteiger partial charge in [-0.3, -0.25) is 9.59 Å². The standard InChI is InChI=1S/C16H17NO4S/c1-10(16(19)20)15(18)17-9-13-7-8-14(22-13)11-3-5-12(21-2)6-4-11/h3-8,10H,9H2,1-2H3,(H,17,18)(H,19,20). The van der Waals surface area contributed by atoms with E-state index in [9.17, 15) is 9.59 Å². The fourth-order valence-electron chi connectivity index (χ4n) is 1.82. The molecule has 1 unspecified atom stereocenters. The molecule has 1 aromatic heterocycles. The predicted octanol–water partition coefficient (Wildman–Crippen LogP) is 2.76. The van der Waals surface area contributed by atoms with Gasteiger partial charge < -0.3 is 15.2 Å². The fraction of sp³-hybridized carbons (Fsp3) is 0.250. The summed E-state index contributed by atoms with van der Waals surface area (Å²) in [6.45, 7) is 1.70. The number of hydrogen-bond donors (Lipinski definition) is 2. The third kappa shape index (κ3) is 3.85. The van der Waals surface area contributed by atoms with Crippen molar-refractivity contribution in [3.05, 3.63) is 41.3 Å². The number of ether oxygens (including phenoxy) is 1. The second-order valence-electron chi connectivity index (χ2n) is 4.77. The molecule has 2 rings (SSSR count). The minimum absolute atomic E-state index is 0.331. The smallest absolute Gasteiger partial charge is 0.315 e. The molecule has 0 radical (unpaired) electrons. The highest BCUT2D eigenvalue weighted by atomic mass is 32.1. The summed E-state index contributed by atoms with van der Waals surface area (Å²) in [7, 11) is 1.62. The Labute approximate surface area is 132 Å². The molecule has 0 saturated heterocycles. The van der Waals surface area contributed by atoms with Crippen molar-refractivity contribution in [2.45, 2.75) is 13.5 Å². The van der Waals surface area contributed by atoms with Gasteiger partial charge in [0, 0.05) is 9.75 Å². The topological polar surface area (TPSA) is 75.6 Å². The molecule has 22 heavy (non-hydrogen) atoms. The Balaban J connectivity index is 1.99. The number of carboxylic acid groups (broad SMARTS) is 1. The number of carbonyl (C=O) groups is 2. The molecule has 0 aliphatic heterocycles. The zero-order valence-corrected chi connectivity index (χ0v) is 13.1. The minimum Gasteiger partial charge on any atom is -0.497 e. The van der Waals surface area contributed by atoms with E-state index in [0.29, 0.717) is 6.54 Å². The molecule has 0 saturated carbocycles. The number of aliphatic carboxylic acids is 1. The van der Waals surface area contributed by atoms with Crippen molar-refractivity contribution < 1.29 is 19.4 Å². The van der Waals surface area contributed by atoms with Gasteiger partial charge in [0.1, 0.15) is 11.7 Å². The van der Waals surface area contributed by atoms with Crippen LogP contribution >= 0.6 is 11.3 Å². The Bertz CT molecular complexity index is 663. The van der Waals surface area contributed by atoms with Crippen LogP contribution in [-0.2, 0) is 16.1 Å². The molecule has 116 valence electrons. The van der Waals surface area contributed by atoms with E-state index in [4.69, 9.17) is 9.84 Å². The van der Waals surface area contributed by atoms with Gasteiger partial charge in [-0.05, 0) is 48.9 Å². The molecule has 1 amide bonds. The van der Waals surface area contributed by atoms with Gasteiger partial charge in [-0.15, -0.1) is 11.3 Å². The van der Waals surface area contributed by atoms with Gasteiger partial charge in [-0.2, -0.15) is 0 Å². The number of amides is 1. The SMILES string of the molecule is COc1ccc(-c2ccc(CNC(=O)C(C)C(=O)O)s2)cc1. The quantitative estimate of drug-likeness (QED) is 0.803. The maximum absolute atomic E-state index is 11.6.